The summed E-state index contributed by atoms with van der Waals surface area (Å²) in [6.07, 6.45) is 3.66. The molecule has 1 aromatic heterocycles. The van der Waals surface area contributed by atoms with E-state index >= 15 is 0 Å². The minimum Gasteiger partial charge on any atom is -0.308 e. The summed E-state index contributed by atoms with van der Waals surface area (Å²) in [6, 6.07) is 11.0. The fourth-order valence-electron chi connectivity index (χ4n) is 2.16. The van der Waals surface area contributed by atoms with Crippen molar-refractivity contribution < 1.29 is 0 Å². The van der Waals surface area contributed by atoms with Crippen molar-refractivity contribution in [3.05, 3.63) is 40.7 Å². The number of benzene rings is 1. The number of rotatable bonds is 7. The Morgan fingerprint density at radius 1 is 1.21 bits per heavy atom. The summed E-state index contributed by atoms with van der Waals surface area (Å²) in [7, 11) is 0. The second-order valence-corrected chi connectivity index (χ2v) is 5.71. The fraction of sp³-hybridized carbons (Fsp3) is 0.438. The van der Waals surface area contributed by atoms with Crippen molar-refractivity contribution in [3.8, 4) is 11.3 Å². The molecule has 3 heteroatoms. The van der Waals surface area contributed by atoms with E-state index in [1.165, 1.54) is 29.8 Å². The quantitative estimate of drug-likeness (QED) is 0.805. The van der Waals surface area contributed by atoms with Gasteiger partial charge in [-0.3, -0.25) is 0 Å². The van der Waals surface area contributed by atoms with Gasteiger partial charge in [-0.05, 0) is 12.8 Å². The van der Waals surface area contributed by atoms with Crippen LogP contribution >= 0.6 is 11.3 Å². The van der Waals surface area contributed by atoms with Gasteiger partial charge in [-0.2, -0.15) is 0 Å². The van der Waals surface area contributed by atoms with E-state index in [9.17, 15) is 0 Å². The van der Waals surface area contributed by atoms with E-state index in [-0.39, 0.29) is 0 Å². The Kier molecular flexibility index (Phi) is 5.55. The molecule has 102 valence electrons. The van der Waals surface area contributed by atoms with Crippen molar-refractivity contribution in [1.82, 2.24) is 10.3 Å². The van der Waals surface area contributed by atoms with Crippen LogP contribution in [0.2, 0.25) is 0 Å². The smallest absolute Gasteiger partial charge is 0.107 e. The Hall–Kier alpha value is -1.19. The number of aromatic nitrogens is 1. The maximum atomic E-state index is 4.70. The molecule has 2 rings (SSSR count). The van der Waals surface area contributed by atoms with Crippen molar-refractivity contribution in [3.63, 3.8) is 0 Å². The lowest BCUT2D eigenvalue weighted by Crippen LogP contribution is -2.27. The SMILES string of the molecule is CCCC(CC)NCc1nc(-c2ccccc2)cs1. The summed E-state index contributed by atoms with van der Waals surface area (Å²) in [4.78, 5) is 4.70. The molecule has 0 saturated heterocycles. The highest BCUT2D eigenvalue weighted by atomic mass is 32.1. The molecule has 0 radical (unpaired) electrons. The highest BCUT2D eigenvalue weighted by Gasteiger charge is 2.07. The third kappa shape index (κ3) is 4.15. The molecule has 2 aromatic rings. The average Bonchev–Trinajstić information content (AvgIpc) is 2.93. The summed E-state index contributed by atoms with van der Waals surface area (Å²) >= 11 is 1.74. The molecule has 0 saturated carbocycles. The molecule has 1 aromatic carbocycles. The highest BCUT2D eigenvalue weighted by molar-refractivity contribution is 7.09. The molecule has 1 N–H and O–H groups in total. The summed E-state index contributed by atoms with van der Waals surface area (Å²) in [5.41, 5.74) is 2.29. The first-order valence-electron chi connectivity index (χ1n) is 7.06. The van der Waals surface area contributed by atoms with E-state index < -0.39 is 0 Å². The van der Waals surface area contributed by atoms with Gasteiger partial charge in [0.15, 0.2) is 0 Å². The number of hydrogen-bond donors (Lipinski definition) is 1. The van der Waals surface area contributed by atoms with Gasteiger partial charge in [0.05, 0.1) is 5.69 Å². The van der Waals surface area contributed by atoms with Gasteiger partial charge in [0.2, 0.25) is 0 Å². The van der Waals surface area contributed by atoms with Crippen LogP contribution in [0.3, 0.4) is 0 Å². The summed E-state index contributed by atoms with van der Waals surface area (Å²) in [5.74, 6) is 0. The minimum absolute atomic E-state index is 0.620. The van der Waals surface area contributed by atoms with E-state index in [1.807, 2.05) is 6.07 Å². The van der Waals surface area contributed by atoms with Gasteiger partial charge in [-0.15, -0.1) is 11.3 Å². The largest absolute Gasteiger partial charge is 0.308 e. The molecule has 0 fully saturated rings. The van der Waals surface area contributed by atoms with Crippen molar-refractivity contribution in [2.24, 2.45) is 0 Å². The average molecular weight is 274 g/mol. The zero-order valence-electron chi connectivity index (χ0n) is 11.7. The van der Waals surface area contributed by atoms with Crippen molar-refractivity contribution in [2.45, 2.75) is 45.7 Å². The van der Waals surface area contributed by atoms with E-state index in [1.54, 1.807) is 11.3 Å². The van der Waals surface area contributed by atoms with E-state index in [4.69, 9.17) is 4.98 Å². The standard InChI is InChI=1S/C16H22N2S/c1-3-8-14(4-2)17-11-16-18-15(12-19-16)13-9-6-5-7-10-13/h5-7,9-10,12,14,17H,3-4,8,11H2,1-2H3. The van der Waals surface area contributed by atoms with Crippen LogP contribution < -0.4 is 5.32 Å². The maximum Gasteiger partial charge on any atom is 0.107 e. The van der Waals surface area contributed by atoms with Crippen LogP contribution in [0.25, 0.3) is 11.3 Å². The summed E-state index contributed by atoms with van der Waals surface area (Å²) < 4.78 is 0. The molecule has 0 bridgehead atoms. The normalized spacial score (nSPS) is 12.5. The van der Waals surface area contributed by atoms with Crippen molar-refractivity contribution in [2.75, 3.05) is 0 Å². The second kappa shape index (κ2) is 7.41. The third-order valence-electron chi connectivity index (χ3n) is 3.29. The topological polar surface area (TPSA) is 24.9 Å². The Morgan fingerprint density at radius 3 is 2.68 bits per heavy atom. The molecule has 0 aliphatic carbocycles. The van der Waals surface area contributed by atoms with E-state index in [0.29, 0.717) is 6.04 Å². The van der Waals surface area contributed by atoms with Crippen molar-refractivity contribution >= 4 is 11.3 Å². The lowest BCUT2D eigenvalue weighted by Gasteiger charge is -2.14. The molecule has 1 unspecified atom stereocenters. The van der Waals surface area contributed by atoms with Crippen molar-refractivity contribution in [1.29, 1.82) is 0 Å². The predicted molar refractivity (Wildman–Crippen MR) is 83.4 cm³/mol. The van der Waals surface area contributed by atoms with Gasteiger partial charge >= 0.3 is 0 Å². The number of nitrogens with one attached hydrogen (secondary N) is 1. The zero-order valence-corrected chi connectivity index (χ0v) is 12.5. The van der Waals surface area contributed by atoms with Crippen LogP contribution in [0.1, 0.15) is 38.1 Å². The van der Waals surface area contributed by atoms with Gasteiger partial charge in [0, 0.05) is 23.5 Å². The van der Waals surface area contributed by atoms with Crippen LogP contribution in [0, 0.1) is 0 Å². The monoisotopic (exact) mass is 274 g/mol. The fourth-order valence-corrected chi connectivity index (χ4v) is 2.92. The lowest BCUT2D eigenvalue weighted by atomic mass is 10.1. The van der Waals surface area contributed by atoms with Crippen LogP contribution in [-0.4, -0.2) is 11.0 Å². The molecule has 2 nitrogen and oxygen atoms in total. The van der Waals surface area contributed by atoms with E-state index in [0.717, 1.165) is 12.2 Å². The van der Waals surface area contributed by atoms with Crippen LogP contribution in [-0.2, 0) is 6.54 Å². The predicted octanol–water partition coefficient (Wildman–Crippen LogP) is 4.48. The molecule has 0 amide bonds. The molecule has 0 spiro atoms. The second-order valence-electron chi connectivity index (χ2n) is 4.77. The highest BCUT2D eigenvalue weighted by Crippen LogP contribution is 2.21. The third-order valence-corrected chi connectivity index (χ3v) is 4.14. The Labute approximate surface area is 119 Å². The Morgan fingerprint density at radius 2 is 2.00 bits per heavy atom. The molecule has 0 aliphatic heterocycles. The van der Waals surface area contributed by atoms with Gasteiger partial charge in [-0.25, -0.2) is 4.98 Å². The first kappa shape index (κ1) is 14.2. The molecule has 1 atom stereocenters. The number of nitrogens with zero attached hydrogens (tertiary/aromatic N) is 1. The Balaban J connectivity index is 1.94. The van der Waals surface area contributed by atoms with Crippen LogP contribution in [0.4, 0.5) is 0 Å². The van der Waals surface area contributed by atoms with Crippen LogP contribution in [0.15, 0.2) is 35.7 Å². The zero-order chi connectivity index (χ0) is 13.5. The summed E-state index contributed by atoms with van der Waals surface area (Å²) in [5, 5.41) is 6.92. The van der Waals surface area contributed by atoms with E-state index in [2.05, 4.69) is 48.8 Å². The number of thiazole rings is 1. The molecular formula is C16H22N2S. The molecule has 19 heavy (non-hydrogen) atoms. The first-order valence-corrected chi connectivity index (χ1v) is 7.94. The van der Waals surface area contributed by atoms with Gasteiger partial charge in [0.25, 0.3) is 0 Å². The molecule has 1 heterocycles. The molecular weight excluding hydrogens is 252 g/mol. The van der Waals surface area contributed by atoms with Crippen LogP contribution in [0.5, 0.6) is 0 Å². The van der Waals surface area contributed by atoms with Gasteiger partial charge < -0.3 is 5.32 Å². The lowest BCUT2D eigenvalue weighted by molar-refractivity contribution is 0.462. The maximum absolute atomic E-state index is 4.70. The first-order chi connectivity index (χ1) is 9.33. The number of hydrogen-bond acceptors (Lipinski definition) is 3. The minimum atomic E-state index is 0.620. The molecule has 0 aliphatic rings. The van der Waals surface area contributed by atoms with Gasteiger partial charge in [-0.1, -0.05) is 50.6 Å². The Bertz CT molecular complexity index is 479. The van der Waals surface area contributed by atoms with Gasteiger partial charge in [0.1, 0.15) is 5.01 Å². The summed E-state index contributed by atoms with van der Waals surface area (Å²) in [6.45, 7) is 5.36.